The number of thiazole rings is 1. The van der Waals surface area contributed by atoms with Crippen molar-refractivity contribution in [3.63, 3.8) is 0 Å². The molecule has 0 unspecified atom stereocenters. The molecule has 14 nitrogen and oxygen atoms in total. The standard InChI is InChI=1S/C39H45F3N10O4S2/c1-48-33-20-27(3-5-31(33)36(47-48)52-19-12-35(53)46-38(52)54)26-8-13-49(14-9-26)24-25-6-15-50(16-7-25)32-21-30(4-2-28(32)22-43)58(55,56)51-17-10-29(11-18-51)45-37-44-23-34(57-37)39(40,41)42/h2-5,20-21,23,25-26,29H,6-19,24H2,1H3,(H,44,45)(H,46,53,54). The lowest BCUT2D eigenvalue weighted by atomic mass is 9.88. The normalized spacial score (nSPS) is 20.1. The molecule has 2 aromatic heterocycles. The summed E-state index contributed by atoms with van der Waals surface area (Å²) in [5.41, 5.74) is 3.25. The van der Waals surface area contributed by atoms with E-state index in [9.17, 15) is 36.4 Å². The van der Waals surface area contributed by atoms with Crippen molar-refractivity contribution in [2.24, 2.45) is 13.0 Å². The van der Waals surface area contributed by atoms with Crippen molar-refractivity contribution in [3.05, 3.63) is 58.6 Å². The maximum Gasteiger partial charge on any atom is 0.427 e. The number of hydrogen-bond acceptors (Lipinski definition) is 11. The quantitative estimate of drug-likeness (QED) is 0.213. The fraction of sp³-hybridized carbons (Fsp3) is 0.513. The molecule has 0 atom stereocenters. The fourth-order valence-electron chi connectivity index (χ4n) is 8.71. The Bertz CT molecular complexity index is 2340. The molecular formula is C39H45F3N10O4S2. The summed E-state index contributed by atoms with van der Waals surface area (Å²) in [5.74, 6) is 1.17. The highest BCUT2D eigenvalue weighted by Gasteiger charge is 2.35. The monoisotopic (exact) mass is 838 g/mol. The van der Waals surface area contributed by atoms with Crippen LogP contribution in [0.25, 0.3) is 10.9 Å². The molecule has 6 heterocycles. The predicted octanol–water partition coefficient (Wildman–Crippen LogP) is 5.73. The lowest BCUT2D eigenvalue weighted by Gasteiger charge is -2.39. The Labute approximate surface area is 338 Å². The van der Waals surface area contributed by atoms with Gasteiger partial charge in [0.1, 0.15) is 10.9 Å². The van der Waals surface area contributed by atoms with E-state index in [2.05, 4.69) is 48.7 Å². The van der Waals surface area contributed by atoms with Crippen LogP contribution in [0.15, 0.2) is 47.5 Å². The summed E-state index contributed by atoms with van der Waals surface area (Å²) in [4.78, 5) is 33.5. The summed E-state index contributed by atoms with van der Waals surface area (Å²) >= 11 is 0.537. The van der Waals surface area contributed by atoms with Gasteiger partial charge in [-0.25, -0.2) is 18.2 Å². The molecule has 308 valence electrons. The number of imide groups is 1. The number of nitriles is 1. The molecule has 4 saturated heterocycles. The van der Waals surface area contributed by atoms with Crippen molar-refractivity contribution >= 4 is 60.8 Å². The molecular weight excluding hydrogens is 794 g/mol. The van der Waals surface area contributed by atoms with Gasteiger partial charge in [-0.1, -0.05) is 17.4 Å². The zero-order valence-electron chi connectivity index (χ0n) is 32.0. The second-order valence-electron chi connectivity index (χ2n) is 15.6. The van der Waals surface area contributed by atoms with Gasteiger partial charge in [-0.2, -0.15) is 27.8 Å². The van der Waals surface area contributed by atoms with Crippen LogP contribution >= 0.6 is 11.3 Å². The number of sulfonamides is 1. The summed E-state index contributed by atoms with van der Waals surface area (Å²) in [6, 6.07) is 12.6. The van der Waals surface area contributed by atoms with Gasteiger partial charge in [-0.05, 0) is 99.3 Å². The van der Waals surface area contributed by atoms with Crippen LogP contribution in [0.1, 0.15) is 66.9 Å². The molecule has 0 bridgehead atoms. The Morgan fingerprint density at radius 3 is 2.38 bits per heavy atom. The van der Waals surface area contributed by atoms with Crippen LogP contribution in [0.5, 0.6) is 0 Å². The Hall–Kier alpha value is -4.77. The van der Waals surface area contributed by atoms with Crippen LogP contribution in [0.3, 0.4) is 0 Å². The number of aryl methyl sites for hydroxylation is 1. The molecule has 0 aliphatic carbocycles. The molecule has 0 radical (unpaired) electrons. The van der Waals surface area contributed by atoms with E-state index < -0.39 is 27.1 Å². The summed E-state index contributed by atoms with van der Waals surface area (Å²) in [7, 11) is -1.99. The number of benzene rings is 2. The Balaban J connectivity index is 0.831. The van der Waals surface area contributed by atoms with E-state index >= 15 is 0 Å². The predicted molar refractivity (Wildman–Crippen MR) is 213 cm³/mol. The van der Waals surface area contributed by atoms with Gasteiger partial charge in [-0.15, -0.1) is 0 Å². The number of fused-ring (bicyclic) bond motifs is 1. The Morgan fingerprint density at radius 1 is 0.966 bits per heavy atom. The fourth-order valence-corrected chi connectivity index (χ4v) is 11.0. The topological polar surface area (TPSA) is 160 Å². The first-order valence-electron chi connectivity index (χ1n) is 19.7. The molecule has 0 saturated carbocycles. The number of hydrogen-bond donors (Lipinski definition) is 2. The van der Waals surface area contributed by atoms with Crippen LogP contribution in [0.2, 0.25) is 0 Å². The van der Waals surface area contributed by atoms with Gasteiger partial charge >= 0.3 is 12.2 Å². The lowest BCUT2D eigenvalue weighted by molar-refractivity contribution is -0.134. The molecule has 4 fully saturated rings. The van der Waals surface area contributed by atoms with Crippen molar-refractivity contribution < 1.29 is 31.2 Å². The van der Waals surface area contributed by atoms with E-state index in [1.165, 1.54) is 20.8 Å². The highest BCUT2D eigenvalue weighted by atomic mass is 32.2. The number of carbonyl (C=O) groups excluding carboxylic acids is 2. The van der Waals surface area contributed by atoms with Gasteiger partial charge in [0, 0.05) is 64.2 Å². The van der Waals surface area contributed by atoms with E-state index in [-0.39, 0.29) is 41.5 Å². The molecule has 4 aromatic rings. The van der Waals surface area contributed by atoms with Gasteiger partial charge in [-0.3, -0.25) is 19.7 Å². The molecule has 3 amide bonds. The van der Waals surface area contributed by atoms with Crippen molar-refractivity contribution in [3.8, 4) is 6.07 Å². The Kier molecular flexibility index (Phi) is 11.1. The summed E-state index contributed by atoms with van der Waals surface area (Å²) in [5, 5.41) is 21.0. The number of piperidine rings is 3. The van der Waals surface area contributed by atoms with E-state index in [0.29, 0.717) is 72.7 Å². The number of urea groups is 1. The molecule has 0 spiro atoms. The molecule has 4 aliphatic heterocycles. The minimum Gasteiger partial charge on any atom is -0.370 e. The third-order valence-corrected chi connectivity index (χ3v) is 14.9. The first-order chi connectivity index (χ1) is 27.8. The zero-order chi connectivity index (χ0) is 40.8. The third kappa shape index (κ3) is 8.24. The van der Waals surface area contributed by atoms with E-state index in [0.717, 1.165) is 62.4 Å². The summed E-state index contributed by atoms with van der Waals surface area (Å²) in [6.07, 6.45) is 1.33. The Morgan fingerprint density at radius 2 is 1.71 bits per heavy atom. The second kappa shape index (κ2) is 16.1. The number of halogens is 3. The molecule has 19 heteroatoms. The van der Waals surface area contributed by atoms with Crippen LogP contribution in [-0.2, 0) is 28.0 Å². The lowest BCUT2D eigenvalue weighted by Crippen LogP contribution is -2.49. The van der Waals surface area contributed by atoms with Crippen LogP contribution in [0, 0.1) is 17.2 Å². The van der Waals surface area contributed by atoms with Gasteiger partial charge in [0.25, 0.3) is 0 Å². The van der Waals surface area contributed by atoms with Gasteiger partial charge in [0.2, 0.25) is 15.9 Å². The number of anilines is 3. The molecule has 4 aliphatic rings. The number of nitrogens with one attached hydrogen (secondary N) is 2. The number of likely N-dealkylation sites (tertiary alicyclic amines) is 1. The summed E-state index contributed by atoms with van der Waals surface area (Å²) < 4.78 is 69.8. The number of amides is 3. The number of alkyl halides is 3. The number of nitrogens with zero attached hydrogens (tertiary/aromatic N) is 8. The summed E-state index contributed by atoms with van der Waals surface area (Å²) in [6.45, 7) is 5.10. The largest absolute Gasteiger partial charge is 0.427 e. The van der Waals surface area contributed by atoms with Crippen LogP contribution < -0.4 is 20.4 Å². The van der Waals surface area contributed by atoms with E-state index in [1.54, 1.807) is 16.8 Å². The van der Waals surface area contributed by atoms with Gasteiger partial charge in [0.15, 0.2) is 10.9 Å². The average Bonchev–Trinajstić information content (AvgIpc) is 3.83. The molecule has 8 rings (SSSR count). The molecule has 2 N–H and O–H groups in total. The highest BCUT2D eigenvalue weighted by Crippen LogP contribution is 2.37. The van der Waals surface area contributed by atoms with Crippen molar-refractivity contribution in [2.75, 3.05) is 67.5 Å². The smallest absolute Gasteiger partial charge is 0.370 e. The minimum atomic E-state index is -4.46. The zero-order valence-corrected chi connectivity index (χ0v) is 33.7. The molecule has 58 heavy (non-hydrogen) atoms. The van der Waals surface area contributed by atoms with E-state index in [4.69, 9.17) is 0 Å². The van der Waals surface area contributed by atoms with Crippen molar-refractivity contribution in [1.29, 1.82) is 5.26 Å². The minimum absolute atomic E-state index is 0.128. The van der Waals surface area contributed by atoms with Crippen molar-refractivity contribution in [1.82, 2.24) is 29.3 Å². The average molecular weight is 839 g/mol. The first kappa shape index (κ1) is 40.0. The number of rotatable bonds is 9. The maximum atomic E-state index is 13.8. The maximum absolute atomic E-state index is 13.8. The SMILES string of the molecule is Cn1nc(N2CCC(=O)NC2=O)c2ccc(C3CCN(CC4CCN(c5cc(S(=O)(=O)N6CCC(Nc7ncc(C(F)(F)F)s7)CC6)ccc5C#N)CC4)CC3)cc21. The molecule has 2 aromatic carbocycles. The second-order valence-corrected chi connectivity index (χ2v) is 18.6. The van der Waals surface area contributed by atoms with Crippen molar-refractivity contribution in [2.45, 2.75) is 68.0 Å². The van der Waals surface area contributed by atoms with Gasteiger partial charge < -0.3 is 15.1 Å². The van der Waals surface area contributed by atoms with Crippen LogP contribution in [-0.4, -0.2) is 103 Å². The third-order valence-electron chi connectivity index (χ3n) is 12.0. The first-order valence-corrected chi connectivity index (χ1v) is 21.9. The number of carbonyl (C=O) groups is 2. The van der Waals surface area contributed by atoms with E-state index in [1.807, 2.05) is 13.1 Å². The van der Waals surface area contributed by atoms with Gasteiger partial charge in [0.05, 0.1) is 27.9 Å². The highest BCUT2D eigenvalue weighted by molar-refractivity contribution is 7.89. The van der Waals surface area contributed by atoms with Crippen LogP contribution in [0.4, 0.5) is 34.6 Å². The number of aromatic nitrogens is 3.